The van der Waals surface area contributed by atoms with E-state index in [4.69, 9.17) is 9.84 Å². The van der Waals surface area contributed by atoms with Crippen molar-refractivity contribution in [3.05, 3.63) is 24.3 Å². The van der Waals surface area contributed by atoms with Crippen LogP contribution < -0.4 is 15.0 Å². The topological polar surface area (TPSA) is 44.7 Å². The molecule has 0 saturated heterocycles. The number of hydrogen-bond acceptors (Lipinski definition) is 4. The molecule has 1 atom stereocenters. The summed E-state index contributed by atoms with van der Waals surface area (Å²) in [4.78, 5) is 2.04. The van der Waals surface area contributed by atoms with Crippen LogP contribution in [-0.2, 0) is 0 Å². The molecular formula is C13H22N2O2. The lowest BCUT2D eigenvalue weighted by Gasteiger charge is -2.16. The smallest absolute Gasteiger partial charge is 0.121 e. The molecule has 0 aliphatic carbocycles. The molecule has 4 nitrogen and oxygen atoms in total. The van der Waals surface area contributed by atoms with Crippen molar-refractivity contribution < 1.29 is 9.84 Å². The van der Waals surface area contributed by atoms with E-state index >= 15 is 0 Å². The number of likely N-dealkylation sites (N-methyl/N-ethyl adjacent to an activating group) is 1. The summed E-state index contributed by atoms with van der Waals surface area (Å²) in [6.07, 6.45) is 0.791. The molecule has 0 spiro atoms. The molecule has 0 amide bonds. The third-order valence-electron chi connectivity index (χ3n) is 2.70. The molecule has 1 aromatic carbocycles. The quantitative estimate of drug-likeness (QED) is 0.747. The first kappa shape index (κ1) is 13.8. The van der Waals surface area contributed by atoms with E-state index in [2.05, 4.69) is 5.32 Å². The highest BCUT2D eigenvalue weighted by atomic mass is 16.5. The van der Waals surface area contributed by atoms with Crippen molar-refractivity contribution in [1.29, 1.82) is 0 Å². The van der Waals surface area contributed by atoms with Gasteiger partial charge in [0, 0.05) is 31.9 Å². The third kappa shape index (κ3) is 4.63. The highest BCUT2D eigenvalue weighted by Gasteiger charge is 2.04. The predicted octanol–water partition coefficient (Wildman–Crippen LogP) is 1.10. The van der Waals surface area contributed by atoms with Crippen LogP contribution in [0, 0.1) is 0 Å². The number of nitrogens with one attached hydrogen (secondary N) is 1. The monoisotopic (exact) mass is 238 g/mol. The molecule has 0 aliphatic rings. The van der Waals surface area contributed by atoms with Crippen LogP contribution in [0.1, 0.15) is 6.42 Å². The van der Waals surface area contributed by atoms with Gasteiger partial charge in [0.05, 0.1) is 13.2 Å². The maximum atomic E-state index is 9.02. The summed E-state index contributed by atoms with van der Waals surface area (Å²) < 4.78 is 5.65. The molecule has 0 bridgehead atoms. The van der Waals surface area contributed by atoms with Gasteiger partial charge in [-0.1, -0.05) is 6.07 Å². The van der Waals surface area contributed by atoms with Crippen molar-refractivity contribution in [2.75, 3.05) is 39.3 Å². The van der Waals surface area contributed by atoms with Crippen LogP contribution >= 0.6 is 0 Å². The first-order valence-corrected chi connectivity index (χ1v) is 5.85. The number of ether oxygens (including phenoxy) is 1. The zero-order valence-electron chi connectivity index (χ0n) is 10.8. The third-order valence-corrected chi connectivity index (χ3v) is 2.70. The lowest BCUT2D eigenvalue weighted by atomic mass is 10.2. The Kier molecular flexibility index (Phi) is 5.80. The SMILES string of the molecule is CNC(CO)CCOc1cccc(N(C)C)c1. The second kappa shape index (κ2) is 7.14. The molecule has 0 saturated carbocycles. The Morgan fingerprint density at radius 1 is 1.41 bits per heavy atom. The summed E-state index contributed by atoms with van der Waals surface area (Å²) in [5.74, 6) is 0.865. The van der Waals surface area contributed by atoms with Crippen molar-refractivity contribution in [3.63, 3.8) is 0 Å². The van der Waals surface area contributed by atoms with E-state index in [0.29, 0.717) is 6.61 Å². The van der Waals surface area contributed by atoms with Crippen LogP contribution in [-0.4, -0.2) is 45.5 Å². The van der Waals surface area contributed by atoms with E-state index in [0.717, 1.165) is 17.9 Å². The minimum absolute atomic E-state index is 0.104. The lowest BCUT2D eigenvalue weighted by Crippen LogP contribution is -2.30. The van der Waals surface area contributed by atoms with E-state index in [1.165, 1.54) is 0 Å². The van der Waals surface area contributed by atoms with Gasteiger partial charge in [-0.15, -0.1) is 0 Å². The predicted molar refractivity (Wildman–Crippen MR) is 70.8 cm³/mol. The normalized spacial score (nSPS) is 12.2. The van der Waals surface area contributed by atoms with Gasteiger partial charge < -0.3 is 20.1 Å². The van der Waals surface area contributed by atoms with Gasteiger partial charge in [-0.2, -0.15) is 0 Å². The Labute approximate surface area is 103 Å². The molecule has 1 aromatic rings. The number of aliphatic hydroxyl groups excluding tert-OH is 1. The zero-order valence-corrected chi connectivity index (χ0v) is 10.8. The molecule has 4 heteroatoms. The fourth-order valence-corrected chi connectivity index (χ4v) is 1.50. The van der Waals surface area contributed by atoms with Gasteiger partial charge in [-0.05, 0) is 25.6 Å². The molecule has 96 valence electrons. The number of aliphatic hydroxyl groups is 1. The van der Waals surface area contributed by atoms with E-state index in [9.17, 15) is 0 Å². The minimum Gasteiger partial charge on any atom is -0.493 e. The summed E-state index contributed by atoms with van der Waals surface area (Å²) in [6.45, 7) is 0.737. The molecule has 0 fully saturated rings. The van der Waals surface area contributed by atoms with Gasteiger partial charge in [0.15, 0.2) is 0 Å². The molecule has 17 heavy (non-hydrogen) atoms. The minimum atomic E-state index is 0.104. The average Bonchev–Trinajstić information content (AvgIpc) is 2.35. The van der Waals surface area contributed by atoms with Gasteiger partial charge in [0.1, 0.15) is 5.75 Å². The lowest BCUT2D eigenvalue weighted by molar-refractivity contribution is 0.214. The van der Waals surface area contributed by atoms with Gasteiger partial charge in [-0.3, -0.25) is 0 Å². The number of benzene rings is 1. The molecule has 0 radical (unpaired) electrons. The zero-order chi connectivity index (χ0) is 12.7. The summed E-state index contributed by atoms with van der Waals surface area (Å²) in [5.41, 5.74) is 1.12. The van der Waals surface area contributed by atoms with Gasteiger partial charge >= 0.3 is 0 Å². The Morgan fingerprint density at radius 3 is 2.76 bits per heavy atom. The summed E-state index contributed by atoms with van der Waals surface area (Å²) in [5, 5.41) is 12.0. The fourth-order valence-electron chi connectivity index (χ4n) is 1.50. The number of anilines is 1. The van der Waals surface area contributed by atoms with Crippen LogP contribution in [0.4, 0.5) is 5.69 Å². The first-order valence-electron chi connectivity index (χ1n) is 5.85. The Bertz CT molecular complexity index is 325. The summed E-state index contributed by atoms with van der Waals surface area (Å²) >= 11 is 0. The van der Waals surface area contributed by atoms with Gasteiger partial charge in [-0.25, -0.2) is 0 Å². The second-order valence-corrected chi connectivity index (χ2v) is 4.20. The number of hydrogen-bond donors (Lipinski definition) is 2. The van der Waals surface area contributed by atoms with Crippen molar-refractivity contribution in [1.82, 2.24) is 5.32 Å². The van der Waals surface area contributed by atoms with Crippen molar-refractivity contribution in [2.24, 2.45) is 0 Å². The molecule has 0 heterocycles. The first-order chi connectivity index (χ1) is 8.17. The molecule has 1 unspecified atom stereocenters. The van der Waals surface area contributed by atoms with Crippen molar-refractivity contribution in [3.8, 4) is 5.75 Å². The summed E-state index contributed by atoms with van der Waals surface area (Å²) in [7, 11) is 5.84. The Balaban J connectivity index is 2.43. The maximum absolute atomic E-state index is 9.02. The van der Waals surface area contributed by atoms with Crippen molar-refractivity contribution >= 4 is 5.69 Å². The molecule has 0 aliphatic heterocycles. The van der Waals surface area contributed by atoms with E-state index in [1.807, 2.05) is 50.3 Å². The van der Waals surface area contributed by atoms with Crippen LogP contribution in [0.3, 0.4) is 0 Å². The highest BCUT2D eigenvalue weighted by molar-refractivity contribution is 5.49. The highest BCUT2D eigenvalue weighted by Crippen LogP contribution is 2.19. The van der Waals surface area contributed by atoms with Crippen LogP contribution in [0.15, 0.2) is 24.3 Å². The van der Waals surface area contributed by atoms with E-state index in [-0.39, 0.29) is 12.6 Å². The van der Waals surface area contributed by atoms with Crippen LogP contribution in [0.2, 0.25) is 0 Å². The molecule has 1 rings (SSSR count). The van der Waals surface area contributed by atoms with Gasteiger partial charge in [0.2, 0.25) is 0 Å². The summed E-state index contributed by atoms with van der Waals surface area (Å²) in [6, 6.07) is 8.07. The van der Waals surface area contributed by atoms with E-state index in [1.54, 1.807) is 0 Å². The average molecular weight is 238 g/mol. The van der Waals surface area contributed by atoms with Crippen LogP contribution in [0.25, 0.3) is 0 Å². The Morgan fingerprint density at radius 2 is 2.18 bits per heavy atom. The largest absolute Gasteiger partial charge is 0.493 e. The second-order valence-electron chi connectivity index (χ2n) is 4.20. The number of nitrogens with zero attached hydrogens (tertiary/aromatic N) is 1. The molecule has 2 N–H and O–H groups in total. The van der Waals surface area contributed by atoms with Crippen molar-refractivity contribution in [2.45, 2.75) is 12.5 Å². The van der Waals surface area contributed by atoms with Gasteiger partial charge in [0.25, 0.3) is 0 Å². The standard InChI is InChI=1S/C13H22N2O2/c1-14-11(10-16)7-8-17-13-6-4-5-12(9-13)15(2)3/h4-6,9,11,14,16H,7-8,10H2,1-3H3. The molecular weight excluding hydrogens is 216 g/mol. The Hall–Kier alpha value is -1.26. The van der Waals surface area contributed by atoms with E-state index < -0.39 is 0 Å². The maximum Gasteiger partial charge on any atom is 0.121 e. The molecule has 0 aromatic heterocycles. The number of rotatable bonds is 7. The van der Waals surface area contributed by atoms with Crippen LogP contribution in [0.5, 0.6) is 5.75 Å². The fraction of sp³-hybridized carbons (Fsp3) is 0.538.